The van der Waals surface area contributed by atoms with Crippen molar-refractivity contribution < 1.29 is 65.5 Å². The molecule has 0 amide bonds. The second-order valence-electron chi connectivity index (χ2n) is 25.8. The third-order valence-electron chi connectivity index (χ3n) is 19.2. The molecule has 11 aromatic carbocycles. The van der Waals surface area contributed by atoms with Gasteiger partial charge in [-0.05, 0) is 156 Å². The van der Waals surface area contributed by atoms with Gasteiger partial charge in [-0.2, -0.15) is 4.98 Å². The van der Waals surface area contributed by atoms with Crippen LogP contribution in [0.1, 0.15) is 0 Å². The standard InChI is InChI=1S/C37H25N4.C32H20N3O.C26H18N3O.3ClH.3Pt/c1-40-35-14-8-6-12-32(35)39-37(40)41-34-13-7-5-11-30(34)31-20-19-29(24-36(31)41)33-23-28(21-22-38-33)27-17-15-26(16-18-27)25-9-3-2-4-10-25;1-2-7-22(8-3-1)23-13-15-24(16-14-23)25-17-18-33-29(20-25)26-9-6-10-27(19-26)35-30-12-5-4-11-28(30)31-32(35)34-21-36-31;1-2-6-20(7-3-1)21-9-11-22(12-10-21)23-13-16-27-25(18-23)29-17-14-24(19-29)30-26-8-4-5-15-28-26;;;;;;/h2-23H,1H3;1-18,20-21H;1-18H;3*1H;;;/q3*-1;;;;3*+2/p-3. The number of hydrogen-bond acceptors (Lipinski definition) is 8. The molecule has 0 N–H and O–H groups in total. The Labute approximate surface area is 699 Å². The van der Waals surface area contributed by atoms with E-state index in [1.165, 1.54) is 45.2 Å². The summed E-state index contributed by atoms with van der Waals surface area (Å²) in [6.07, 6.45) is 13.8. The van der Waals surface area contributed by atoms with E-state index in [1.54, 1.807) is 62.5 Å². The van der Waals surface area contributed by atoms with E-state index in [0.717, 1.165) is 123 Å². The molecule has 113 heavy (non-hydrogen) atoms. The molecule has 556 valence electrons. The van der Waals surface area contributed by atoms with E-state index < -0.39 is 0 Å². The molecule has 0 aliphatic rings. The van der Waals surface area contributed by atoms with Crippen LogP contribution in [0.3, 0.4) is 0 Å². The average molecular weight is 2070 g/mol. The Bertz CT molecular complexity index is 6560. The second kappa shape index (κ2) is 36.6. The molecule has 0 unspecified atom stereocenters. The van der Waals surface area contributed by atoms with E-state index in [0.29, 0.717) is 11.6 Å². The van der Waals surface area contributed by atoms with Crippen LogP contribution >= 0.6 is 28.3 Å². The molecule has 20 rings (SSSR count). The molecular formula is C95H63Cl3N10O2Pt3. The first kappa shape index (κ1) is 76.7. The topological polar surface area (TPSA) is 119 Å². The minimum atomic E-state index is 0.534. The SMILES string of the molecule is Cn1c(-n2c3[c-]c(-c4cc(-c5ccc(-c6ccccc6)cc5)ccn4)ccc3c3ccccc32)nc2ccccc21.[Cl][Pt+].[Cl][Pt+].[Cl][Pt+].[c-]1c(-c2cc(-c3ccc(-c4ccccc4)cc3)ccn2)cccc1-n1c2ccccc2c2ocnc21.[c-]1c(Oc2ccccn2)ccn1-c1cc(-c2ccc(-c3ccccc3)cc2)ccn1. The number of nitrogens with zero attached hydrogens (tertiary/aromatic N) is 10. The normalized spacial score (nSPS) is 10.8. The fraction of sp³-hybridized carbons (Fsp3) is 0.0105. The van der Waals surface area contributed by atoms with Crippen LogP contribution in [0.5, 0.6) is 11.6 Å². The van der Waals surface area contributed by atoms with Crippen molar-refractivity contribution in [3.63, 3.8) is 0 Å². The molecule has 9 heterocycles. The fourth-order valence-corrected chi connectivity index (χ4v) is 13.9. The maximum Gasteiger partial charge on any atom is 0.217 e. The summed E-state index contributed by atoms with van der Waals surface area (Å²) in [5, 5.41) is 3.35. The van der Waals surface area contributed by atoms with Crippen molar-refractivity contribution >= 4 is 83.2 Å². The van der Waals surface area contributed by atoms with Crippen molar-refractivity contribution in [3.8, 4) is 118 Å². The summed E-state index contributed by atoms with van der Waals surface area (Å²) >= 11 is 4.83. The zero-order chi connectivity index (χ0) is 77.4. The van der Waals surface area contributed by atoms with E-state index in [1.807, 2.05) is 126 Å². The summed E-state index contributed by atoms with van der Waals surface area (Å²) in [5.74, 6) is 2.77. The summed E-state index contributed by atoms with van der Waals surface area (Å²) in [5.41, 5.74) is 25.3. The van der Waals surface area contributed by atoms with Crippen LogP contribution < -0.4 is 4.74 Å². The van der Waals surface area contributed by atoms with E-state index in [2.05, 4.69) is 318 Å². The third-order valence-corrected chi connectivity index (χ3v) is 19.2. The van der Waals surface area contributed by atoms with Gasteiger partial charge in [-0.15, -0.1) is 65.9 Å². The molecule has 0 radical (unpaired) electrons. The number of benzene rings is 11. The number of hydrogen-bond donors (Lipinski definition) is 0. The van der Waals surface area contributed by atoms with E-state index >= 15 is 0 Å². The van der Waals surface area contributed by atoms with Gasteiger partial charge < -0.3 is 32.8 Å². The summed E-state index contributed by atoms with van der Waals surface area (Å²) in [6.45, 7) is 0. The second-order valence-corrected chi connectivity index (χ2v) is 25.8. The van der Waals surface area contributed by atoms with Gasteiger partial charge in [0.1, 0.15) is 0 Å². The van der Waals surface area contributed by atoms with Crippen molar-refractivity contribution in [1.82, 2.24) is 48.2 Å². The number of halogens is 3. The van der Waals surface area contributed by atoms with Gasteiger partial charge in [0.05, 0.1) is 28.1 Å². The minimum absolute atomic E-state index is 0.534. The molecule has 12 nitrogen and oxygen atoms in total. The molecule has 20 aromatic rings. The van der Waals surface area contributed by atoms with Gasteiger partial charge in [-0.3, -0.25) is 9.55 Å². The number of fused-ring (bicyclic) bond motifs is 7. The van der Waals surface area contributed by atoms with Crippen LogP contribution in [0, 0.1) is 18.3 Å². The Balaban J connectivity index is 0.000000131. The van der Waals surface area contributed by atoms with Crippen LogP contribution in [0.15, 0.2) is 369 Å². The van der Waals surface area contributed by atoms with Crippen molar-refractivity contribution in [3.05, 3.63) is 383 Å². The van der Waals surface area contributed by atoms with Crippen molar-refractivity contribution in [2.75, 3.05) is 0 Å². The summed E-state index contributed by atoms with van der Waals surface area (Å²) in [7, 11) is 15.9. The Morgan fingerprint density at radius 2 is 0.841 bits per heavy atom. The molecule has 0 saturated heterocycles. The van der Waals surface area contributed by atoms with Gasteiger partial charge in [-0.25, -0.2) is 9.97 Å². The Morgan fingerprint density at radius 1 is 0.363 bits per heavy atom. The molecule has 0 atom stereocenters. The smallest absolute Gasteiger partial charge is 0.217 e. The number of oxazole rings is 1. The van der Waals surface area contributed by atoms with Crippen LogP contribution in [-0.2, 0) is 63.4 Å². The molecule has 0 saturated carbocycles. The van der Waals surface area contributed by atoms with Crippen LogP contribution in [0.25, 0.3) is 162 Å². The monoisotopic (exact) mass is 2070 g/mol. The van der Waals surface area contributed by atoms with E-state index in [9.17, 15) is 0 Å². The van der Waals surface area contributed by atoms with Gasteiger partial charge in [0.15, 0.2) is 17.6 Å². The van der Waals surface area contributed by atoms with Crippen LogP contribution in [0.2, 0.25) is 0 Å². The average Bonchev–Trinajstić information content (AvgIpc) is 1.59. The molecule has 0 fully saturated rings. The number of imidazole rings is 1. The predicted molar refractivity (Wildman–Crippen MR) is 447 cm³/mol. The Morgan fingerprint density at radius 3 is 1.40 bits per heavy atom. The van der Waals surface area contributed by atoms with Crippen molar-refractivity contribution in [1.29, 1.82) is 0 Å². The van der Waals surface area contributed by atoms with Gasteiger partial charge in [0.25, 0.3) is 0 Å². The Kier molecular flexibility index (Phi) is 24.9. The van der Waals surface area contributed by atoms with Crippen molar-refractivity contribution in [2.24, 2.45) is 7.05 Å². The number of ether oxygens (including phenoxy) is 1. The Hall–Kier alpha value is -11.7. The molecule has 0 aliphatic heterocycles. The molecule has 0 spiro atoms. The zero-order valence-electron chi connectivity index (χ0n) is 60.0. The maximum absolute atomic E-state index is 5.74. The van der Waals surface area contributed by atoms with Gasteiger partial charge in [0, 0.05) is 48.8 Å². The third kappa shape index (κ3) is 16.9. The molecule has 0 aliphatic carbocycles. The summed E-state index contributed by atoms with van der Waals surface area (Å²) < 4.78 is 19.7. The largest absolute Gasteiger partial charge is 0.458 e. The number of aromatic nitrogens is 10. The number of rotatable bonds is 13. The summed E-state index contributed by atoms with van der Waals surface area (Å²) in [4.78, 5) is 27.6. The molecular weight excluding hydrogens is 2000 g/mol. The first-order valence-corrected chi connectivity index (χ1v) is 44.0. The maximum atomic E-state index is 5.74. The van der Waals surface area contributed by atoms with Crippen LogP contribution in [-0.4, -0.2) is 48.2 Å². The van der Waals surface area contributed by atoms with E-state index in [-0.39, 0.29) is 0 Å². The van der Waals surface area contributed by atoms with Gasteiger partial charge in [0.2, 0.25) is 11.8 Å². The zero-order valence-corrected chi connectivity index (χ0v) is 69.1. The number of aryl methyl sites for hydroxylation is 1. The number of para-hydroxylation sites is 4. The fourth-order valence-electron chi connectivity index (χ4n) is 13.9. The predicted octanol–water partition coefficient (Wildman–Crippen LogP) is 25.1. The van der Waals surface area contributed by atoms with Crippen LogP contribution in [0.4, 0.5) is 0 Å². The molecule has 9 aromatic heterocycles. The van der Waals surface area contributed by atoms with Crippen molar-refractivity contribution in [2.45, 2.75) is 0 Å². The first-order valence-electron chi connectivity index (χ1n) is 35.6. The van der Waals surface area contributed by atoms with E-state index in [4.69, 9.17) is 19.1 Å². The number of pyridine rings is 4. The quantitative estimate of drug-likeness (QED) is 0.105. The first-order chi connectivity index (χ1) is 55.9. The minimum Gasteiger partial charge on any atom is -0.458 e. The van der Waals surface area contributed by atoms with Gasteiger partial charge >= 0.3 is 84.6 Å². The molecule has 0 bridgehead atoms. The summed E-state index contributed by atoms with van der Waals surface area (Å²) in [6, 6.07) is 120. The molecule has 18 heteroatoms. The van der Waals surface area contributed by atoms with Gasteiger partial charge in [-0.1, -0.05) is 236 Å².